The molecule has 11 heteroatoms. The van der Waals surface area contributed by atoms with Gasteiger partial charge >= 0.3 is 0 Å². The number of phenols is 1. The number of benzene rings is 2. The summed E-state index contributed by atoms with van der Waals surface area (Å²) in [6.07, 6.45) is 1.14. The lowest BCUT2D eigenvalue weighted by molar-refractivity contribution is 0.396. The Morgan fingerprint density at radius 1 is 1.00 bits per heavy atom. The van der Waals surface area contributed by atoms with Crippen LogP contribution in [0.25, 0.3) is 0 Å². The van der Waals surface area contributed by atoms with Crippen LogP contribution in [-0.2, 0) is 10.0 Å². The van der Waals surface area contributed by atoms with Crippen molar-refractivity contribution in [2.45, 2.75) is 9.79 Å². The first-order chi connectivity index (χ1) is 11.1. The fourth-order valence-electron chi connectivity index (χ4n) is 1.78. The van der Waals surface area contributed by atoms with Crippen LogP contribution in [0.3, 0.4) is 0 Å². The molecule has 0 saturated carbocycles. The molecule has 0 aliphatic rings. The number of halogens is 5. The summed E-state index contributed by atoms with van der Waals surface area (Å²) in [6, 6.07) is 2.18. The smallest absolute Gasteiger partial charge is 0.267 e. The maximum atomic E-state index is 13.9. The molecule has 0 atom stereocenters. The molecule has 0 bridgehead atoms. The number of hydrogen-bond donors (Lipinski definition) is 2. The molecular formula is C13H8F5NO3S2. The SMILES string of the molecule is CSc1c(F)c(F)c(S(=O)(=O)Nc2ccc(O)c(F)c2)c(F)c1F. The number of sulfonamides is 1. The van der Waals surface area contributed by atoms with Crippen LogP contribution in [0.4, 0.5) is 27.6 Å². The number of rotatable bonds is 4. The molecule has 2 aromatic carbocycles. The third-order valence-corrected chi connectivity index (χ3v) is 5.02. The molecule has 0 aliphatic carbocycles. The molecule has 0 radical (unpaired) electrons. The number of anilines is 1. The van der Waals surface area contributed by atoms with Crippen LogP contribution in [0.2, 0.25) is 0 Å². The van der Waals surface area contributed by atoms with Gasteiger partial charge in [-0.15, -0.1) is 11.8 Å². The second-order valence-corrected chi connectivity index (χ2v) is 6.83. The second-order valence-electron chi connectivity index (χ2n) is 4.39. The summed E-state index contributed by atoms with van der Waals surface area (Å²) in [5.74, 6) is -9.95. The van der Waals surface area contributed by atoms with Crippen molar-refractivity contribution < 1.29 is 35.5 Å². The number of thioether (sulfide) groups is 1. The largest absolute Gasteiger partial charge is 0.505 e. The highest BCUT2D eigenvalue weighted by atomic mass is 32.2. The van der Waals surface area contributed by atoms with Crippen molar-refractivity contribution in [3.8, 4) is 5.75 Å². The van der Waals surface area contributed by atoms with Gasteiger partial charge in [0, 0.05) is 6.07 Å². The van der Waals surface area contributed by atoms with Gasteiger partial charge in [0.05, 0.1) is 10.6 Å². The van der Waals surface area contributed by atoms with E-state index in [1.807, 2.05) is 0 Å². The van der Waals surface area contributed by atoms with E-state index in [4.69, 9.17) is 5.11 Å². The molecule has 0 aromatic heterocycles. The molecule has 0 amide bonds. The fraction of sp³-hybridized carbons (Fsp3) is 0.0769. The van der Waals surface area contributed by atoms with Crippen molar-refractivity contribution >= 4 is 27.5 Å². The van der Waals surface area contributed by atoms with Gasteiger partial charge in [-0.2, -0.15) is 0 Å². The summed E-state index contributed by atoms with van der Waals surface area (Å²) in [4.78, 5) is -2.89. The second kappa shape index (κ2) is 6.48. The van der Waals surface area contributed by atoms with Crippen LogP contribution in [-0.4, -0.2) is 19.8 Å². The van der Waals surface area contributed by atoms with Crippen LogP contribution >= 0.6 is 11.8 Å². The van der Waals surface area contributed by atoms with E-state index in [1.165, 1.54) is 0 Å². The molecular weight excluding hydrogens is 377 g/mol. The van der Waals surface area contributed by atoms with E-state index in [0.29, 0.717) is 17.8 Å². The van der Waals surface area contributed by atoms with Crippen molar-refractivity contribution in [3.63, 3.8) is 0 Å². The first-order valence-electron chi connectivity index (χ1n) is 6.01. The van der Waals surface area contributed by atoms with Gasteiger partial charge in [0.25, 0.3) is 10.0 Å². The third kappa shape index (κ3) is 3.13. The number of nitrogens with one attached hydrogen (secondary N) is 1. The Morgan fingerprint density at radius 2 is 1.54 bits per heavy atom. The number of aromatic hydroxyl groups is 1. The lowest BCUT2D eigenvalue weighted by Gasteiger charge is -2.13. The highest BCUT2D eigenvalue weighted by Gasteiger charge is 2.33. The van der Waals surface area contributed by atoms with Crippen LogP contribution in [0.5, 0.6) is 5.75 Å². The van der Waals surface area contributed by atoms with Gasteiger partial charge in [0.2, 0.25) is 0 Å². The predicted molar refractivity (Wildman–Crippen MR) is 76.9 cm³/mol. The van der Waals surface area contributed by atoms with E-state index in [9.17, 15) is 30.4 Å². The summed E-state index contributed by atoms with van der Waals surface area (Å²) >= 11 is 0.355. The monoisotopic (exact) mass is 385 g/mol. The van der Waals surface area contributed by atoms with E-state index in [-0.39, 0.29) is 0 Å². The minimum Gasteiger partial charge on any atom is -0.505 e. The quantitative estimate of drug-likeness (QED) is 0.365. The lowest BCUT2D eigenvalue weighted by atomic mass is 10.3. The molecule has 130 valence electrons. The van der Waals surface area contributed by atoms with Crippen LogP contribution in [0.15, 0.2) is 28.0 Å². The maximum absolute atomic E-state index is 13.9. The molecule has 0 aliphatic heterocycles. The number of hydrogen-bond acceptors (Lipinski definition) is 4. The van der Waals surface area contributed by atoms with E-state index in [0.717, 1.165) is 18.4 Å². The molecule has 0 fully saturated rings. The molecule has 2 rings (SSSR count). The van der Waals surface area contributed by atoms with Gasteiger partial charge in [-0.1, -0.05) is 0 Å². The summed E-state index contributed by atoms with van der Waals surface area (Å²) in [5.41, 5.74) is -0.515. The average molecular weight is 385 g/mol. The molecule has 0 saturated heterocycles. The molecule has 4 nitrogen and oxygen atoms in total. The van der Waals surface area contributed by atoms with Crippen molar-refractivity contribution in [1.29, 1.82) is 0 Å². The summed E-state index contributed by atoms with van der Waals surface area (Å²) in [7, 11) is -5.11. The maximum Gasteiger partial charge on any atom is 0.267 e. The fourth-order valence-corrected chi connectivity index (χ4v) is 3.51. The van der Waals surface area contributed by atoms with Crippen LogP contribution in [0.1, 0.15) is 0 Å². The molecule has 0 unspecified atom stereocenters. The van der Waals surface area contributed by atoms with Crippen LogP contribution < -0.4 is 4.72 Å². The molecule has 0 spiro atoms. The van der Waals surface area contributed by atoms with Crippen molar-refractivity contribution in [1.82, 2.24) is 0 Å². The van der Waals surface area contributed by atoms with E-state index < -0.39 is 60.3 Å². The van der Waals surface area contributed by atoms with Gasteiger partial charge in [0.1, 0.15) is 0 Å². The predicted octanol–water partition coefficient (Wildman–Crippen LogP) is 3.61. The zero-order valence-corrected chi connectivity index (χ0v) is 13.3. The Hall–Kier alpha value is -2.01. The Morgan fingerprint density at radius 3 is 2.00 bits per heavy atom. The van der Waals surface area contributed by atoms with Gasteiger partial charge < -0.3 is 5.11 Å². The minimum absolute atomic E-state index is 0.355. The highest BCUT2D eigenvalue weighted by Crippen LogP contribution is 2.33. The summed E-state index contributed by atoms with van der Waals surface area (Å²) < 4.78 is 94.0. The topological polar surface area (TPSA) is 66.4 Å². The molecule has 0 heterocycles. The van der Waals surface area contributed by atoms with Crippen molar-refractivity contribution in [3.05, 3.63) is 47.3 Å². The Balaban J connectivity index is 2.59. The van der Waals surface area contributed by atoms with Gasteiger partial charge in [0.15, 0.2) is 39.7 Å². The van der Waals surface area contributed by atoms with Gasteiger partial charge in [-0.05, 0) is 18.4 Å². The van der Waals surface area contributed by atoms with Gasteiger partial charge in [-0.3, -0.25) is 4.72 Å². The van der Waals surface area contributed by atoms with Crippen molar-refractivity contribution in [2.24, 2.45) is 0 Å². The molecule has 2 N–H and O–H groups in total. The third-order valence-electron chi connectivity index (χ3n) is 2.86. The first kappa shape index (κ1) is 18.3. The van der Waals surface area contributed by atoms with E-state index >= 15 is 0 Å². The summed E-state index contributed by atoms with van der Waals surface area (Å²) in [6.45, 7) is 0. The highest BCUT2D eigenvalue weighted by molar-refractivity contribution is 7.98. The van der Waals surface area contributed by atoms with Gasteiger partial charge in [-0.25, -0.2) is 30.4 Å². The zero-order chi connectivity index (χ0) is 18.2. The Kier molecular flexibility index (Phi) is 4.95. The Bertz CT molecular complexity index is 889. The first-order valence-corrected chi connectivity index (χ1v) is 8.72. The van der Waals surface area contributed by atoms with Crippen molar-refractivity contribution in [2.75, 3.05) is 11.0 Å². The standard InChI is InChI=1S/C13H8F5NO3S2/c1-23-12-8(15)10(17)13(11(18)9(12)16)24(21,22)19-5-2-3-7(20)6(14)4-5/h2-4,19-20H,1H3. The normalized spacial score (nSPS) is 11.6. The number of phenolic OH excluding ortho intramolecular Hbond substituents is 1. The molecule has 24 heavy (non-hydrogen) atoms. The Labute approximate surface area is 137 Å². The lowest BCUT2D eigenvalue weighted by Crippen LogP contribution is -2.19. The summed E-state index contributed by atoms with van der Waals surface area (Å²) in [5, 5.41) is 9.00. The average Bonchev–Trinajstić information content (AvgIpc) is 2.49. The minimum atomic E-state index is -5.11. The zero-order valence-electron chi connectivity index (χ0n) is 11.7. The molecule has 2 aromatic rings. The van der Waals surface area contributed by atoms with Crippen LogP contribution in [0, 0.1) is 29.1 Å². The van der Waals surface area contributed by atoms with E-state index in [2.05, 4.69) is 0 Å². The van der Waals surface area contributed by atoms with E-state index in [1.54, 1.807) is 4.72 Å².